The number of carbonyl (C=O) groups is 1. The van der Waals surface area contributed by atoms with E-state index in [1.165, 1.54) is 24.3 Å². The molecule has 0 spiro atoms. The van der Waals surface area contributed by atoms with E-state index in [9.17, 15) is 13.2 Å². The van der Waals surface area contributed by atoms with E-state index in [2.05, 4.69) is 0 Å². The Labute approximate surface area is 112 Å². The van der Waals surface area contributed by atoms with Crippen LogP contribution < -0.4 is 4.72 Å². The van der Waals surface area contributed by atoms with Gasteiger partial charge in [0.15, 0.2) is 0 Å². The third-order valence-electron chi connectivity index (χ3n) is 2.32. The molecule has 100 valence electrons. The maximum Gasteiger partial charge on any atom is 0.264 e. The zero-order chi connectivity index (χ0) is 13.8. The predicted octanol–water partition coefficient (Wildman–Crippen LogP) is 2.58. The average molecular weight is 290 g/mol. The lowest BCUT2D eigenvalue weighted by Gasteiger charge is -2.08. The van der Waals surface area contributed by atoms with Crippen molar-refractivity contribution in [3.05, 3.63) is 29.3 Å². The van der Waals surface area contributed by atoms with Gasteiger partial charge in [-0.05, 0) is 36.6 Å². The Morgan fingerprint density at radius 1 is 1.28 bits per heavy atom. The largest absolute Gasteiger partial charge is 0.274 e. The van der Waals surface area contributed by atoms with Crippen molar-refractivity contribution in [3.8, 4) is 0 Å². The number of amides is 1. The van der Waals surface area contributed by atoms with Gasteiger partial charge in [0.05, 0.1) is 4.90 Å². The van der Waals surface area contributed by atoms with Gasteiger partial charge in [-0.25, -0.2) is 13.1 Å². The van der Waals surface area contributed by atoms with Crippen LogP contribution in [0, 0.1) is 5.92 Å². The number of benzene rings is 1. The summed E-state index contributed by atoms with van der Waals surface area (Å²) in [6.07, 6.45) is 0.854. The topological polar surface area (TPSA) is 63.2 Å². The van der Waals surface area contributed by atoms with Crippen molar-refractivity contribution >= 4 is 27.5 Å². The van der Waals surface area contributed by atoms with Crippen molar-refractivity contribution in [2.24, 2.45) is 5.92 Å². The molecule has 0 saturated heterocycles. The molecule has 0 radical (unpaired) electrons. The number of hydrogen-bond donors (Lipinski definition) is 1. The second kappa shape index (κ2) is 6.20. The molecule has 0 saturated carbocycles. The fraction of sp³-hybridized carbons (Fsp3) is 0.417. The van der Waals surface area contributed by atoms with E-state index < -0.39 is 15.9 Å². The van der Waals surface area contributed by atoms with Crippen LogP contribution in [-0.4, -0.2) is 14.3 Å². The third-order valence-corrected chi connectivity index (χ3v) is 3.96. The summed E-state index contributed by atoms with van der Waals surface area (Å²) in [5.41, 5.74) is 0. The van der Waals surface area contributed by atoms with E-state index in [1.54, 1.807) is 0 Å². The Bertz CT molecular complexity index is 509. The van der Waals surface area contributed by atoms with Crippen LogP contribution in [-0.2, 0) is 14.8 Å². The summed E-state index contributed by atoms with van der Waals surface area (Å²) in [6.45, 7) is 3.95. The van der Waals surface area contributed by atoms with Crippen LogP contribution in [0.4, 0.5) is 0 Å². The first-order valence-corrected chi connectivity index (χ1v) is 7.48. The van der Waals surface area contributed by atoms with Crippen molar-refractivity contribution in [2.45, 2.75) is 31.6 Å². The van der Waals surface area contributed by atoms with E-state index >= 15 is 0 Å². The number of carbonyl (C=O) groups excluding carboxylic acids is 1. The van der Waals surface area contributed by atoms with Crippen molar-refractivity contribution < 1.29 is 13.2 Å². The first-order chi connectivity index (χ1) is 8.31. The first kappa shape index (κ1) is 15.0. The number of nitrogens with one attached hydrogen (secondary N) is 1. The van der Waals surface area contributed by atoms with Crippen molar-refractivity contribution in [2.75, 3.05) is 0 Å². The monoisotopic (exact) mass is 289 g/mol. The Kier molecular flexibility index (Phi) is 5.16. The van der Waals surface area contributed by atoms with Crippen LogP contribution in [0.3, 0.4) is 0 Å². The van der Waals surface area contributed by atoms with Gasteiger partial charge >= 0.3 is 0 Å². The summed E-state index contributed by atoms with van der Waals surface area (Å²) in [4.78, 5) is 11.5. The highest BCUT2D eigenvalue weighted by Crippen LogP contribution is 2.14. The van der Waals surface area contributed by atoms with Gasteiger partial charge in [0.1, 0.15) is 0 Å². The van der Waals surface area contributed by atoms with Crippen molar-refractivity contribution in [3.63, 3.8) is 0 Å². The molecule has 0 aliphatic heterocycles. The fourth-order valence-corrected chi connectivity index (χ4v) is 2.43. The van der Waals surface area contributed by atoms with E-state index in [1.807, 2.05) is 18.6 Å². The Morgan fingerprint density at radius 3 is 2.33 bits per heavy atom. The average Bonchev–Trinajstić information content (AvgIpc) is 2.26. The molecule has 1 aromatic carbocycles. The summed E-state index contributed by atoms with van der Waals surface area (Å²) in [5, 5.41) is 0.445. The van der Waals surface area contributed by atoms with E-state index in [4.69, 9.17) is 11.6 Å². The van der Waals surface area contributed by atoms with E-state index in [0.29, 0.717) is 17.4 Å². The van der Waals surface area contributed by atoms with Crippen LogP contribution in [0.1, 0.15) is 26.7 Å². The van der Waals surface area contributed by atoms with Gasteiger partial charge in [0, 0.05) is 11.4 Å². The first-order valence-electron chi connectivity index (χ1n) is 5.62. The lowest BCUT2D eigenvalue weighted by atomic mass is 10.1. The van der Waals surface area contributed by atoms with Crippen LogP contribution >= 0.6 is 11.6 Å². The maximum absolute atomic E-state index is 11.8. The highest BCUT2D eigenvalue weighted by atomic mass is 35.5. The summed E-state index contributed by atoms with van der Waals surface area (Å²) in [6, 6.07) is 5.66. The summed E-state index contributed by atoms with van der Waals surface area (Å²) < 4.78 is 25.7. The normalized spacial score (nSPS) is 11.6. The molecular formula is C12H16ClNO3S. The highest BCUT2D eigenvalue weighted by Gasteiger charge is 2.17. The van der Waals surface area contributed by atoms with Crippen molar-refractivity contribution in [1.29, 1.82) is 0 Å². The Balaban J connectivity index is 2.70. The lowest BCUT2D eigenvalue weighted by Crippen LogP contribution is -2.30. The molecule has 0 unspecified atom stereocenters. The van der Waals surface area contributed by atoms with Gasteiger partial charge < -0.3 is 0 Å². The van der Waals surface area contributed by atoms with Crippen LogP contribution in [0.2, 0.25) is 5.02 Å². The maximum atomic E-state index is 11.8. The minimum Gasteiger partial charge on any atom is -0.274 e. The van der Waals surface area contributed by atoms with E-state index in [0.717, 1.165) is 0 Å². The number of rotatable bonds is 5. The highest BCUT2D eigenvalue weighted by molar-refractivity contribution is 7.90. The molecule has 1 N–H and O–H groups in total. The van der Waals surface area contributed by atoms with Gasteiger partial charge in [-0.3, -0.25) is 4.79 Å². The van der Waals surface area contributed by atoms with E-state index in [-0.39, 0.29) is 11.3 Å². The lowest BCUT2D eigenvalue weighted by molar-refractivity contribution is -0.119. The zero-order valence-electron chi connectivity index (χ0n) is 10.3. The molecule has 18 heavy (non-hydrogen) atoms. The zero-order valence-corrected chi connectivity index (χ0v) is 11.9. The summed E-state index contributed by atoms with van der Waals surface area (Å²) >= 11 is 5.67. The molecule has 1 rings (SSSR count). The van der Waals surface area contributed by atoms with Gasteiger partial charge in [-0.15, -0.1) is 0 Å². The second-order valence-electron chi connectivity index (χ2n) is 4.42. The van der Waals surface area contributed by atoms with Crippen LogP contribution in [0.25, 0.3) is 0 Å². The molecular weight excluding hydrogens is 274 g/mol. The third kappa shape index (κ3) is 4.66. The molecule has 0 heterocycles. The molecule has 0 aliphatic carbocycles. The SMILES string of the molecule is CC(C)CCC(=O)NS(=O)(=O)c1ccc(Cl)cc1. The summed E-state index contributed by atoms with van der Waals surface area (Å²) in [5.74, 6) is -0.132. The fourth-order valence-electron chi connectivity index (χ4n) is 1.29. The number of halogens is 1. The molecule has 0 aliphatic rings. The van der Waals surface area contributed by atoms with Crippen LogP contribution in [0.15, 0.2) is 29.2 Å². The molecule has 6 heteroatoms. The minimum atomic E-state index is -3.78. The smallest absolute Gasteiger partial charge is 0.264 e. The Morgan fingerprint density at radius 2 is 1.83 bits per heavy atom. The standard InChI is InChI=1S/C12H16ClNO3S/c1-9(2)3-8-12(15)14-18(16,17)11-6-4-10(13)5-7-11/h4-7,9H,3,8H2,1-2H3,(H,14,15). The molecule has 0 aromatic heterocycles. The predicted molar refractivity (Wildman–Crippen MR) is 70.9 cm³/mol. The Hall–Kier alpha value is -1.07. The number of hydrogen-bond acceptors (Lipinski definition) is 3. The molecule has 0 atom stereocenters. The van der Waals surface area contributed by atoms with Crippen molar-refractivity contribution in [1.82, 2.24) is 4.72 Å². The van der Waals surface area contributed by atoms with Gasteiger partial charge in [-0.2, -0.15) is 0 Å². The van der Waals surface area contributed by atoms with Gasteiger partial charge in [0.25, 0.3) is 10.0 Å². The van der Waals surface area contributed by atoms with Gasteiger partial charge in [0.2, 0.25) is 5.91 Å². The number of sulfonamides is 1. The quantitative estimate of drug-likeness (QED) is 0.906. The minimum absolute atomic E-state index is 0.0322. The van der Waals surface area contributed by atoms with Crippen LogP contribution in [0.5, 0.6) is 0 Å². The molecule has 4 nitrogen and oxygen atoms in total. The molecule has 0 bridgehead atoms. The molecule has 1 amide bonds. The molecule has 0 fully saturated rings. The summed E-state index contributed by atoms with van der Waals surface area (Å²) in [7, 11) is -3.78. The second-order valence-corrected chi connectivity index (χ2v) is 6.53. The molecule has 1 aromatic rings. The van der Waals surface area contributed by atoms with Gasteiger partial charge in [-0.1, -0.05) is 25.4 Å².